The molecule has 0 bridgehead atoms. The van der Waals surface area contributed by atoms with E-state index >= 15 is 0 Å². The van der Waals surface area contributed by atoms with Gasteiger partial charge in [0, 0.05) is 13.1 Å². The highest BCUT2D eigenvalue weighted by Gasteiger charge is 2.09. The Morgan fingerprint density at radius 2 is 2.21 bits per heavy atom. The molecule has 4 nitrogen and oxygen atoms in total. The van der Waals surface area contributed by atoms with Gasteiger partial charge in [-0.15, -0.1) is 0 Å². The lowest BCUT2D eigenvalue weighted by Crippen LogP contribution is -1.94. The van der Waals surface area contributed by atoms with Gasteiger partial charge < -0.3 is 13.8 Å². The SMILES string of the molecule is CC.CP(=O)(O)OCCc1ccco1. The van der Waals surface area contributed by atoms with Gasteiger partial charge in [0.2, 0.25) is 0 Å². The normalized spacial score (nSPS) is 14.0. The first-order chi connectivity index (χ1) is 6.58. The fourth-order valence-corrected chi connectivity index (χ4v) is 1.20. The molecule has 1 unspecified atom stereocenters. The smallest absolute Gasteiger partial charge is 0.325 e. The van der Waals surface area contributed by atoms with Crippen molar-refractivity contribution in [2.24, 2.45) is 0 Å². The third-order valence-electron chi connectivity index (χ3n) is 1.26. The van der Waals surface area contributed by atoms with Crippen LogP contribution in [0.4, 0.5) is 0 Å². The quantitative estimate of drug-likeness (QED) is 0.792. The zero-order chi connectivity index (χ0) is 11.0. The van der Waals surface area contributed by atoms with Crippen molar-refractivity contribution in [1.82, 2.24) is 0 Å². The fourth-order valence-electron chi connectivity index (χ4n) is 0.770. The highest BCUT2D eigenvalue weighted by Crippen LogP contribution is 2.36. The van der Waals surface area contributed by atoms with Crippen LogP contribution in [0.5, 0.6) is 0 Å². The van der Waals surface area contributed by atoms with Crippen LogP contribution in [0.15, 0.2) is 22.8 Å². The minimum atomic E-state index is -3.33. The maximum atomic E-state index is 10.6. The van der Waals surface area contributed by atoms with Gasteiger partial charge in [0.1, 0.15) is 5.76 Å². The number of hydrogen-bond acceptors (Lipinski definition) is 3. The molecule has 5 heteroatoms. The van der Waals surface area contributed by atoms with Crippen LogP contribution in [-0.4, -0.2) is 18.2 Å². The fraction of sp³-hybridized carbons (Fsp3) is 0.556. The molecule has 14 heavy (non-hydrogen) atoms. The van der Waals surface area contributed by atoms with E-state index in [1.54, 1.807) is 18.4 Å². The Bertz CT molecular complexity index is 262. The molecule has 82 valence electrons. The summed E-state index contributed by atoms with van der Waals surface area (Å²) in [7, 11) is -3.33. The number of hydrogen-bond donors (Lipinski definition) is 1. The molecule has 1 heterocycles. The van der Waals surface area contributed by atoms with E-state index in [1.807, 2.05) is 13.8 Å². The summed E-state index contributed by atoms with van der Waals surface area (Å²) in [5, 5.41) is 0. The average Bonchev–Trinajstić information content (AvgIpc) is 2.58. The first-order valence-corrected chi connectivity index (χ1v) is 6.57. The summed E-state index contributed by atoms with van der Waals surface area (Å²) < 4.78 is 20.3. The zero-order valence-corrected chi connectivity index (χ0v) is 9.66. The molecule has 0 saturated carbocycles. The molecule has 1 rings (SSSR count). The Hall–Kier alpha value is -0.570. The minimum absolute atomic E-state index is 0.206. The van der Waals surface area contributed by atoms with E-state index in [2.05, 4.69) is 4.52 Å². The highest BCUT2D eigenvalue weighted by atomic mass is 31.2. The molecule has 1 aromatic rings. The van der Waals surface area contributed by atoms with Crippen molar-refractivity contribution in [2.75, 3.05) is 13.3 Å². The standard InChI is InChI=1S/C7H11O4P.C2H6/c1-12(8,9)11-6-4-7-3-2-5-10-7;1-2/h2-3,5H,4,6H2,1H3,(H,8,9);1-2H3. The van der Waals surface area contributed by atoms with E-state index < -0.39 is 7.60 Å². The van der Waals surface area contributed by atoms with Gasteiger partial charge in [-0.3, -0.25) is 4.57 Å². The van der Waals surface area contributed by atoms with E-state index in [1.165, 1.54) is 0 Å². The first-order valence-electron chi connectivity index (χ1n) is 4.55. The monoisotopic (exact) mass is 220 g/mol. The second-order valence-corrected chi connectivity index (χ2v) is 4.33. The van der Waals surface area contributed by atoms with Crippen molar-refractivity contribution in [1.29, 1.82) is 0 Å². The highest BCUT2D eigenvalue weighted by molar-refractivity contribution is 7.51. The molecule has 0 saturated heterocycles. The van der Waals surface area contributed by atoms with E-state index in [9.17, 15) is 4.57 Å². The summed E-state index contributed by atoms with van der Waals surface area (Å²) in [5.41, 5.74) is 0. The van der Waals surface area contributed by atoms with Gasteiger partial charge in [-0.25, -0.2) is 0 Å². The Morgan fingerprint density at radius 1 is 1.57 bits per heavy atom. The summed E-state index contributed by atoms with van der Waals surface area (Å²) in [6.45, 7) is 5.37. The van der Waals surface area contributed by atoms with Gasteiger partial charge in [0.15, 0.2) is 0 Å². The molecule has 1 atom stereocenters. The van der Waals surface area contributed by atoms with Gasteiger partial charge in [-0.2, -0.15) is 0 Å². The van der Waals surface area contributed by atoms with E-state index in [0.29, 0.717) is 6.42 Å². The van der Waals surface area contributed by atoms with E-state index in [4.69, 9.17) is 9.31 Å². The largest absolute Gasteiger partial charge is 0.469 e. The number of rotatable bonds is 4. The van der Waals surface area contributed by atoms with Crippen molar-refractivity contribution in [3.05, 3.63) is 24.2 Å². The van der Waals surface area contributed by atoms with Crippen LogP contribution < -0.4 is 0 Å². The summed E-state index contributed by atoms with van der Waals surface area (Å²) in [6.07, 6.45) is 2.07. The molecule has 1 aromatic heterocycles. The van der Waals surface area contributed by atoms with Crippen molar-refractivity contribution in [3.63, 3.8) is 0 Å². The average molecular weight is 220 g/mol. The molecular weight excluding hydrogens is 203 g/mol. The third-order valence-corrected chi connectivity index (χ3v) is 1.92. The van der Waals surface area contributed by atoms with Crippen LogP contribution in [0, 0.1) is 0 Å². The zero-order valence-electron chi connectivity index (χ0n) is 8.77. The molecule has 0 aliphatic rings. The van der Waals surface area contributed by atoms with Crippen molar-refractivity contribution in [2.45, 2.75) is 20.3 Å². The van der Waals surface area contributed by atoms with Gasteiger partial charge in [-0.1, -0.05) is 13.8 Å². The second-order valence-electron chi connectivity index (χ2n) is 2.47. The van der Waals surface area contributed by atoms with Crippen molar-refractivity contribution < 1.29 is 18.4 Å². The molecule has 0 aliphatic carbocycles. The topological polar surface area (TPSA) is 59.7 Å². The van der Waals surface area contributed by atoms with Gasteiger partial charge in [0.05, 0.1) is 12.9 Å². The molecule has 1 N–H and O–H groups in total. The van der Waals surface area contributed by atoms with Crippen LogP contribution in [0.25, 0.3) is 0 Å². The predicted octanol–water partition coefficient (Wildman–Crippen LogP) is 2.68. The first kappa shape index (κ1) is 13.4. The van der Waals surface area contributed by atoms with Crippen molar-refractivity contribution in [3.8, 4) is 0 Å². The summed E-state index contributed by atoms with van der Waals surface area (Å²) in [5.74, 6) is 0.753. The summed E-state index contributed by atoms with van der Waals surface area (Å²) in [6, 6.07) is 3.56. The van der Waals surface area contributed by atoms with Crippen LogP contribution in [0.1, 0.15) is 19.6 Å². The second kappa shape index (κ2) is 6.82. The predicted molar refractivity (Wildman–Crippen MR) is 55.5 cm³/mol. The van der Waals surface area contributed by atoms with Crippen molar-refractivity contribution >= 4 is 7.60 Å². The lowest BCUT2D eigenvalue weighted by atomic mass is 10.3. The molecule has 0 amide bonds. The molecule has 0 fully saturated rings. The Balaban J connectivity index is 0.000000791. The van der Waals surface area contributed by atoms with Gasteiger partial charge >= 0.3 is 7.60 Å². The van der Waals surface area contributed by atoms with Crippen LogP contribution >= 0.6 is 7.60 Å². The molecule has 0 aromatic carbocycles. The van der Waals surface area contributed by atoms with Gasteiger partial charge in [-0.05, 0) is 12.1 Å². The Labute approximate surface area is 84.4 Å². The Morgan fingerprint density at radius 3 is 2.64 bits per heavy atom. The maximum absolute atomic E-state index is 10.6. The van der Waals surface area contributed by atoms with E-state index in [-0.39, 0.29) is 6.61 Å². The molecule has 0 radical (unpaired) electrons. The number of furan rings is 1. The van der Waals surface area contributed by atoms with Crippen LogP contribution in [0.3, 0.4) is 0 Å². The lowest BCUT2D eigenvalue weighted by Gasteiger charge is -2.04. The van der Waals surface area contributed by atoms with Crippen LogP contribution in [-0.2, 0) is 15.5 Å². The lowest BCUT2D eigenvalue weighted by molar-refractivity contribution is 0.261. The summed E-state index contributed by atoms with van der Waals surface area (Å²) >= 11 is 0. The minimum Gasteiger partial charge on any atom is -0.469 e. The molecular formula is C9H17O4P. The molecule has 0 spiro atoms. The summed E-state index contributed by atoms with van der Waals surface area (Å²) in [4.78, 5) is 8.75. The van der Waals surface area contributed by atoms with Crippen LogP contribution in [0.2, 0.25) is 0 Å². The third kappa shape index (κ3) is 6.89. The van der Waals surface area contributed by atoms with Gasteiger partial charge in [0.25, 0.3) is 0 Å². The Kier molecular flexibility index (Phi) is 6.54. The van der Waals surface area contributed by atoms with E-state index in [0.717, 1.165) is 12.4 Å². The maximum Gasteiger partial charge on any atom is 0.325 e. The molecule has 0 aliphatic heterocycles.